The Labute approximate surface area is 183 Å². The quantitative estimate of drug-likeness (QED) is 0.493. The van der Waals surface area contributed by atoms with Gasteiger partial charge in [-0.1, -0.05) is 60.1 Å². The van der Waals surface area contributed by atoms with Gasteiger partial charge in [-0.05, 0) is 40.1 Å². The molecule has 0 saturated carbocycles. The normalized spacial score (nSPS) is 14.6. The van der Waals surface area contributed by atoms with Gasteiger partial charge < -0.3 is 20.3 Å². The molecular formula is C23H22ClNO4S. The largest absolute Gasteiger partial charge is 0.449 e. The average Bonchev–Trinajstić information content (AvgIpc) is 3.33. The summed E-state index contributed by atoms with van der Waals surface area (Å²) in [6.07, 6.45) is -2.50. The molecule has 3 aromatic rings. The predicted molar refractivity (Wildman–Crippen MR) is 118 cm³/mol. The van der Waals surface area contributed by atoms with Crippen LogP contribution in [0.2, 0.25) is 4.34 Å². The molecule has 1 aliphatic rings. The number of amides is 1. The summed E-state index contributed by atoms with van der Waals surface area (Å²) in [4.78, 5) is 12.2. The van der Waals surface area contributed by atoms with E-state index < -0.39 is 18.3 Å². The van der Waals surface area contributed by atoms with Crippen molar-refractivity contribution in [3.05, 3.63) is 81.0 Å². The molecule has 4 rings (SSSR count). The van der Waals surface area contributed by atoms with E-state index in [1.54, 1.807) is 11.4 Å². The molecule has 0 aliphatic heterocycles. The summed E-state index contributed by atoms with van der Waals surface area (Å²) in [5.41, 5.74) is 5.14. The number of hydrogen-bond acceptors (Lipinski definition) is 5. The lowest BCUT2D eigenvalue weighted by Gasteiger charge is -2.18. The van der Waals surface area contributed by atoms with Crippen LogP contribution in [0.15, 0.2) is 60.0 Å². The van der Waals surface area contributed by atoms with Gasteiger partial charge in [-0.15, -0.1) is 11.3 Å². The maximum absolute atomic E-state index is 12.2. The standard InChI is InChI=1S/C23H22ClNO4S/c24-22-18(10-12-30-22)21(27)20(26)9-11-25-23(28)29-13-19-16-7-3-1-5-14(16)15-6-2-4-8-17(15)19/h1-8,10,12,19-21,26-27H,9,11,13H2,(H,25,28). The Bertz CT molecular complexity index is 992. The molecule has 1 aromatic heterocycles. The zero-order valence-corrected chi connectivity index (χ0v) is 17.7. The van der Waals surface area contributed by atoms with Gasteiger partial charge >= 0.3 is 6.09 Å². The van der Waals surface area contributed by atoms with E-state index in [-0.39, 0.29) is 25.5 Å². The lowest BCUT2D eigenvalue weighted by molar-refractivity contribution is 0.0139. The van der Waals surface area contributed by atoms with Gasteiger partial charge in [0, 0.05) is 18.0 Å². The van der Waals surface area contributed by atoms with Crippen LogP contribution < -0.4 is 5.32 Å². The minimum atomic E-state index is -1.09. The van der Waals surface area contributed by atoms with E-state index in [2.05, 4.69) is 29.6 Å². The molecule has 1 heterocycles. The summed E-state index contributed by atoms with van der Waals surface area (Å²) in [7, 11) is 0. The summed E-state index contributed by atoms with van der Waals surface area (Å²) in [6.45, 7) is 0.409. The first-order chi connectivity index (χ1) is 14.6. The van der Waals surface area contributed by atoms with E-state index in [0.717, 1.165) is 11.1 Å². The molecule has 0 fully saturated rings. The van der Waals surface area contributed by atoms with E-state index in [0.29, 0.717) is 9.90 Å². The lowest BCUT2D eigenvalue weighted by atomic mass is 9.98. The van der Waals surface area contributed by atoms with Crippen molar-refractivity contribution in [1.82, 2.24) is 5.32 Å². The third kappa shape index (κ3) is 4.23. The number of aliphatic hydroxyl groups excluding tert-OH is 2. The Hall–Kier alpha value is -2.38. The molecule has 0 saturated heterocycles. The molecule has 1 aliphatic carbocycles. The number of thiophene rings is 1. The van der Waals surface area contributed by atoms with Crippen LogP contribution in [0.1, 0.15) is 35.1 Å². The fourth-order valence-electron chi connectivity index (χ4n) is 3.85. The Balaban J connectivity index is 1.29. The van der Waals surface area contributed by atoms with Gasteiger partial charge in [0.2, 0.25) is 0 Å². The van der Waals surface area contributed by atoms with Gasteiger partial charge in [-0.25, -0.2) is 4.79 Å². The number of ether oxygens (including phenoxy) is 1. The molecule has 5 nitrogen and oxygen atoms in total. The van der Waals surface area contributed by atoms with Crippen molar-refractivity contribution in [2.45, 2.75) is 24.5 Å². The van der Waals surface area contributed by atoms with E-state index in [1.807, 2.05) is 24.3 Å². The van der Waals surface area contributed by atoms with Crippen LogP contribution in [-0.2, 0) is 4.74 Å². The number of carbonyl (C=O) groups excluding carboxylic acids is 1. The Morgan fingerprint density at radius 1 is 1.07 bits per heavy atom. The van der Waals surface area contributed by atoms with Crippen LogP contribution in [0.3, 0.4) is 0 Å². The van der Waals surface area contributed by atoms with Gasteiger partial charge in [0.25, 0.3) is 0 Å². The molecule has 156 valence electrons. The topological polar surface area (TPSA) is 78.8 Å². The summed E-state index contributed by atoms with van der Waals surface area (Å²) < 4.78 is 5.91. The molecule has 0 bridgehead atoms. The summed E-state index contributed by atoms with van der Waals surface area (Å²) in [5.74, 6) is -0.00343. The number of rotatable bonds is 7. The van der Waals surface area contributed by atoms with Crippen LogP contribution in [0.5, 0.6) is 0 Å². The van der Waals surface area contributed by atoms with Crippen LogP contribution in [-0.4, -0.2) is 35.6 Å². The van der Waals surface area contributed by atoms with Crippen molar-refractivity contribution >= 4 is 29.0 Å². The molecule has 30 heavy (non-hydrogen) atoms. The maximum atomic E-state index is 12.2. The molecule has 3 N–H and O–H groups in total. The Kier molecular flexibility index (Phi) is 6.39. The highest BCUT2D eigenvalue weighted by Crippen LogP contribution is 2.44. The summed E-state index contributed by atoms with van der Waals surface area (Å²) in [6, 6.07) is 18.0. The van der Waals surface area contributed by atoms with E-state index in [9.17, 15) is 15.0 Å². The molecule has 2 atom stereocenters. The first kappa shape index (κ1) is 20.9. The van der Waals surface area contributed by atoms with Crippen molar-refractivity contribution in [1.29, 1.82) is 0 Å². The predicted octanol–water partition coefficient (Wildman–Crippen LogP) is 4.72. The van der Waals surface area contributed by atoms with Gasteiger partial charge in [0.1, 0.15) is 12.7 Å². The van der Waals surface area contributed by atoms with Crippen molar-refractivity contribution in [3.8, 4) is 11.1 Å². The van der Waals surface area contributed by atoms with E-state index >= 15 is 0 Å². The first-order valence-corrected chi connectivity index (χ1v) is 11.0. The molecule has 2 unspecified atom stereocenters. The van der Waals surface area contributed by atoms with E-state index in [1.165, 1.54) is 22.5 Å². The number of fused-ring (bicyclic) bond motifs is 3. The molecule has 2 aromatic carbocycles. The first-order valence-electron chi connectivity index (χ1n) is 9.74. The SMILES string of the molecule is O=C(NCCC(O)C(O)c1ccsc1Cl)OCC1c2ccccc2-c2ccccc21. The van der Waals surface area contributed by atoms with Gasteiger partial charge in [-0.3, -0.25) is 0 Å². The average molecular weight is 444 g/mol. The summed E-state index contributed by atoms with van der Waals surface area (Å²) >= 11 is 7.29. The minimum absolute atomic E-state index is 0.00343. The molecule has 0 radical (unpaired) electrons. The highest BCUT2D eigenvalue weighted by atomic mass is 35.5. The monoisotopic (exact) mass is 443 g/mol. The highest BCUT2D eigenvalue weighted by Gasteiger charge is 2.29. The van der Waals surface area contributed by atoms with Gasteiger partial charge in [0.15, 0.2) is 0 Å². The Morgan fingerprint density at radius 2 is 1.70 bits per heavy atom. The fraction of sp³-hybridized carbons (Fsp3) is 0.261. The number of nitrogens with one attached hydrogen (secondary N) is 1. The number of hydrogen-bond donors (Lipinski definition) is 3. The van der Waals surface area contributed by atoms with Crippen LogP contribution in [0.25, 0.3) is 11.1 Å². The second-order valence-electron chi connectivity index (χ2n) is 7.20. The number of halogens is 1. The third-order valence-corrected chi connectivity index (χ3v) is 6.58. The van der Waals surface area contributed by atoms with Crippen LogP contribution in [0.4, 0.5) is 4.79 Å². The van der Waals surface area contributed by atoms with Crippen molar-refractivity contribution in [2.75, 3.05) is 13.2 Å². The summed E-state index contributed by atoms with van der Waals surface area (Å²) in [5, 5.41) is 24.7. The molecular weight excluding hydrogens is 422 g/mol. The van der Waals surface area contributed by atoms with E-state index in [4.69, 9.17) is 16.3 Å². The maximum Gasteiger partial charge on any atom is 0.407 e. The molecule has 1 amide bonds. The van der Waals surface area contributed by atoms with Crippen LogP contribution >= 0.6 is 22.9 Å². The van der Waals surface area contributed by atoms with Crippen molar-refractivity contribution in [2.24, 2.45) is 0 Å². The van der Waals surface area contributed by atoms with Crippen LogP contribution in [0, 0.1) is 0 Å². The molecule has 7 heteroatoms. The van der Waals surface area contributed by atoms with Crippen molar-refractivity contribution < 1.29 is 19.7 Å². The lowest BCUT2D eigenvalue weighted by Crippen LogP contribution is -2.30. The second-order valence-corrected chi connectivity index (χ2v) is 8.72. The third-order valence-electron chi connectivity index (χ3n) is 5.38. The molecule has 0 spiro atoms. The number of carbonyl (C=O) groups is 1. The zero-order chi connectivity index (χ0) is 21.1. The van der Waals surface area contributed by atoms with Gasteiger partial charge in [0.05, 0.1) is 10.4 Å². The highest BCUT2D eigenvalue weighted by molar-refractivity contribution is 7.14. The number of benzene rings is 2. The fourth-order valence-corrected chi connectivity index (χ4v) is 4.84. The smallest absolute Gasteiger partial charge is 0.407 e. The Morgan fingerprint density at radius 3 is 2.30 bits per heavy atom. The number of alkyl carbamates (subject to hydrolysis) is 1. The van der Waals surface area contributed by atoms with Gasteiger partial charge in [-0.2, -0.15) is 0 Å². The second kappa shape index (κ2) is 9.18. The van der Waals surface area contributed by atoms with Crippen molar-refractivity contribution in [3.63, 3.8) is 0 Å². The number of aliphatic hydroxyl groups is 2. The minimum Gasteiger partial charge on any atom is -0.449 e. The zero-order valence-electron chi connectivity index (χ0n) is 16.1.